The molecule has 0 aliphatic heterocycles. The fraction of sp³-hybridized carbons (Fsp3) is 0.0500. The molecule has 2 aromatic carbocycles. The van der Waals surface area contributed by atoms with Gasteiger partial charge in [0.25, 0.3) is 0 Å². The Labute approximate surface area is 150 Å². The van der Waals surface area contributed by atoms with Gasteiger partial charge in [-0.3, -0.25) is 4.79 Å². The van der Waals surface area contributed by atoms with E-state index in [1.54, 1.807) is 21.8 Å². The van der Waals surface area contributed by atoms with Gasteiger partial charge in [-0.1, -0.05) is 18.2 Å². The zero-order valence-electron chi connectivity index (χ0n) is 14.0. The van der Waals surface area contributed by atoms with Gasteiger partial charge in [0.15, 0.2) is 0 Å². The van der Waals surface area contributed by atoms with Crippen molar-refractivity contribution in [3.05, 3.63) is 91.0 Å². The van der Waals surface area contributed by atoms with Crippen molar-refractivity contribution in [2.45, 2.75) is 6.42 Å². The number of benzene rings is 2. The third kappa shape index (κ3) is 3.54. The molecule has 0 aliphatic rings. The molecule has 26 heavy (non-hydrogen) atoms. The third-order valence-corrected chi connectivity index (χ3v) is 3.97. The van der Waals surface area contributed by atoms with Gasteiger partial charge in [0.1, 0.15) is 0 Å². The Morgan fingerprint density at radius 1 is 0.846 bits per heavy atom. The van der Waals surface area contributed by atoms with Gasteiger partial charge in [0.05, 0.1) is 17.8 Å². The van der Waals surface area contributed by atoms with Crippen LogP contribution in [0.2, 0.25) is 0 Å². The molecule has 6 nitrogen and oxygen atoms in total. The van der Waals surface area contributed by atoms with Gasteiger partial charge in [-0.15, -0.1) is 0 Å². The van der Waals surface area contributed by atoms with Crippen molar-refractivity contribution in [1.29, 1.82) is 0 Å². The summed E-state index contributed by atoms with van der Waals surface area (Å²) in [6, 6.07) is 19.1. The molecule has 0 bridgehead atoms. The molecule has 0 radical (unpaired) electrons. The number of amides is 1. The summed E-state index contributed by atoms with van der Waals surface area (Å²) in [7, 11) is 0. The smallest absolute Gasteiger partial charge is 0.228 e. The summed E-state index contributed by atoms with van der Waals surface area (Å²) in [5, 5.41) is 11.3. The summed E-state index contributed by atoms with van der Waals surface area (Å²) in [4.78, 5) is 12.3. The molecule has 1 N–H and O–H groups in total. The minimum atomic E-state index is -0.0607. The second kappa shape index (κ2) is 7.06. The topological polar surface area (TPSA) is 64.7 Å². The second-order valence-electron chi connectivity index (χ2n) is 5.84. The maximum Gasteiger partial charge on any atom is 0.228 e. The molecule has 0 atom stereocenters. The average Bonchev–Trinajstić information content (AvgIpc) is 3.37. The van der Waals surface area contributed by atoms with Crippen molar-refractivity contribution < 1.29 is 4.79 Å². The standard InChI is InChI=1S/C20H17N5O/c26-20(14-16-6-8-18(9-7-16)24-12-2-10-21-24)23-17-4-1-5-19(15-17)25-13-3-11-22-25/h1-13,15H,14H2,(H,23,26). The molecular formula is C20H17N5O. The molecule has 2 heterocycles. The molecule has 128 valence electrons. The molecule has 0 spiro atoms. The van der Waals surface area contributed by atoms with E-state index in [9.17, 15) is 4.79 Å². The summed E-state index contributed by atoms with van der Waals surface area (Å²) in [6.45, 7) is 0. The van der Waals surface area contributed by atoms with Crippen molar-refractivity contribution in [3.8, 4) is 11.4 Å². The number of nitrogens with zero attached hydrogens (tertiary/aromatic N) is 4. The summed E-state index contributed by atoms with van der Waals surface area (Å²) in [5.41, 5.74) is 3.56. The maximum atomic E-state index is 12.3. The van der Waals surface area contributed by atoms with Crippen LogP contribution in [-0.4, -0.2) is 25.5 Å². The Hall–Kier alpha value is -3.67. The number of anilines is 1. The van der Waals surface area contributed by atoms with Gasteiger partial charge in [-0.2, -0.15) is 10.2 Å². The van der Waals surface area contributed by atoms with Crippen LogP contribution in [0.15, 0.2) is 85.5 Å². The first kappa shape index (κ1) is 15.8. The number of rotatable bonds is 5. The van der Waals surface area contributed by atoms with Crippen LogP contribution in [-0.2, 0) is 11.2 Å². The van der Waals surface area contributed by atoms with E-state index in [0.29, 0.717) is 6.42 Å². The van der Waals surface area contributed by atoms with E-state index in [-0.39, 0.29) is 5.91 Å². The highest BCUT2D eigenvalue weighted by molar-refractivity contribution is 5.92. The van der Waals surface area contributed by atoms with E-state index in [1.165, 1.54) is 0 Å². The SMILES string of the molecule is O=C(Cc1ccc(-n2cccn2)cc1)Nc1cccc(-n2cccn2)c1. The lowest BCUT2D eigenvalue weighted by molar-refractivity contribution is -0.115. The molecule has 6 heteroatoms. The second-order valence-corrected chi connectivity index (χ2v) is 5.84. The minimum Gasteiger partial charge on any atom is -0.326 e. The Kier molecular flexibility index (Phi) is 4.30. The van der Waals surface area contributed by atoms with Gasteiger partial charge in [-0.05, 0) is 48.0 Å². The lowest BCUT2D eigenvalue weighted by atomic mass is 10.1. The number of carbonyl (C=O) groups is 1. The number of aromatic nitrogens is 4. The van der Waals surface area contributed by atoms with Crippen molar-refractivity contribution in [2.24, 2.45) is 0 Å². The van der Waals surface area contributed by atoms with Gasteiger partial charge in [0, 0.05) is 30.5 Å². The van der Waals surface area contributed by atoms with Crippen LogP contribution in [0.3, 0.4) is 0 Å². The normalized spacial score (nSPS) is 10.6. The Morgan fingerprint density at radius 2 is 1.54 bits per heavy atom. The number of nitrogens with one attached hydrogen (secondary N) is 1. The zero-order valence-corrected chi connectivity index (χ0v) is 14.0. The summed E-state index contributed by atoms with van der Waals surface area (Å²) in [5.74, 6) is -0.0607. The molecule has 2 aromatic heterocycles. The summed E-state index contributed by atoms with van der Waals surface area (Å²) >= 11 is 0. The van der Waals surface area contributed by atoms with Crippen LogP contribution in [0.25, 0.3) is 11.4 Å². The molecular weight excluding hydrogens is 326 g/mol. The van der Waals surface area contributed by atoms with Crippen LogP contribution in [0.5, 0.6) is 0 Å². The van der Waals surface area contributed by atoms with Crippen LogP contribution in [0.4, 0.5) is 5.69 Å². The Balaban J connectivity index is 1.42. The van der Waals surface area contributed by atoms with Crippen LogP contribution in [0.1, 0.15) is 5.56 Å². The molecule has 0 saturated heterocycles. The third-order valence-electron chi connectivity index (χ3n) is 3.97. The number of hydrogen-bond donors (Lipinski definition) is 1. The van der Waals surface area contributed by atoms with Gasteiger partial charge in [-0.25, -0.2) is 9.36 Å². The predicted molar refractivity (Wildman–Crippen MR) is 99.5 cm³/mol. The zero-order chi connectivity index (χ0) is 17.8. The molecule has 0 fully saturated rings. The first-order chi connectivity index (χ1) is 12.8. The van der Waals surface area contributed by atoms with Gasteiger partial charge in [0.2, 0.25) is 5.91 Å². The van der Waals surface area contributed by atoms with Crippen LogP contribution in [0, 0.1) is 0 Å². The predicted octanol–water partition coefficient (Wildman–Crippen LogP) is 3.24. The summed E-state index contributed by atoms with van der Waals surface area (Å²) in [6.07, 6.45) is 7.51. The number of carbonyl (C=O) groups excluding carboxylic acids is 1. The monoisotopic (exact) mass is 343 g/mol. The minimum absolute atomic E-state index is 0.0607. The van der Waals surface area contributed by atoms with Crippen molar-refractivity contribution in [3.63, 3.8) is 0 Å². The lowest BCUT2D eigenvalue weighted by Gasteiger charge is -2.08. The quantitative estimate of drug-likeness (QED) is 0.605. The van der Waals surface area contributed by atoms with E-state index in [4.69, 9.17) is 0 Å². The largest absolute Gasteiger partial charge is 0.326 e. The van der Waals surface area contributed by atoms with E-state index < -0.39 is 0 Å². The van der Waals surface area contributed by atoms with Crippen LogP contribution >= 0.6 is 0 Å². The van der Waals surface area contributed by atoms with Crippen LogP contribution < -0.4 is 5.32 Å². The van der Waals surface area contributed by atoms with E-state index >= 15 is 0 Å². The van der Waals surface area contributed by atoms with E-state index in [0.717, 1.165) is 22.6 Å². The Bertz CT molecular complexity index is 989. The highest BCUT2D eigenvalue weighted by atomic mass is 16.1. The number of hydrogen-bond acceptors (Lipinski definition) is 3. The molecule has 0 unspecified atom stereocenters. The Morgan fingerprint density at radius 3 is 2.19 bits per heavy atom. The van der Waals surface area contributed by atoms with Crippen molar-refractivity contribution >= 4 is 11.6 Å². The highest BCUT2D eigenvalue weighted by Gasteiger charge is 2.06. The van der Waals surface area contributed by atoms with Crippen molar-refractivity contribution in [2.75, 3.05) is 5.32 Å². The van der Waals surface area contributed by atoms with Gasteiger partial charge >= 0.3 is 0 Å². The molecule has 0 saturated carbocycles. The fourth-order valence-electron chi connectivity index (χ4n) is 2.73. The van der Waals surface area contributed by atoms with E-state index in [1.807, 2.05) is 73.1 Å². The first-order valence-corrected chi connectivity index (χ1v) is 8.27. The van der Waals surface area contributed by atoms with Crippen molar-refractivity contribution in [1.82, 2.24) is 19.6 Å². The lowest BCUT2D eigenvalue weighted by Crippen LogP contribution is -2.14. The fourth-order valence-corrected chi connectivity index (χ4v) is 2.73. The molecule has 4 aromatic rings. The first-order valence-electron chi connectivity index (χ1n) is 8.27. The summed E-state index contributed by atoms with van der Waals surface area (Å²) < 4.78 is 3.54. The van der Waals surface area contributed by atoms with Gasteiger partial charge < -0.3 is 5.32 Å². The van der Waals surface area contributed by atoms with E-state index in [2.05, 4.69) is 15.5 Å². The molecule has 0 aliphatic carbocycles. The molecule has 4 rings (SSSR count). The average molecular weight is 343 g/mol. The maximum absolute atomic E-state index is 12.3. The highest BCUT2D eigenvalue weighted by Crippen LogP contribution is 2.15. The molecule has 1 amide bonds.